The van der Waals surface area contributed by atoms with Crippen molar-refractivity contribution in [3.8, 4) is 0 Å². The molecule has 5 heteroatoms. The van der Waals surface area contributed by atoms with E-state index in [-0.39, 0.29) is 29.6 Å². The number of hydrogen-bond donors (Lipinski definition) is 0. The molecule has 0 unspecified atom stereocenters. The Kier molecular flexibility index (Phi) is 13.9. The molecule has 0 aliphatic heterocycles. The zero-order valence-electron chi connectivity index (χ0n) is 3.71. The molecule has 0 heterocycles. The molecule has 0 saturated heterocycles. The first-order valence-corrected chi connectivity index (χ1v) is 1.46. The molecule has 0 aliphatic carbocycles. The number of isocyanates is 1. The first-order chi connectivity index (χ1) is 2.91. The van der Waals surface area contributed by atoms with Crippen LogP contribution >= 0.6 is 12.2 Å². The molecule has 0 aliphatic rings. The van der Waals surface area contributed by atoms with Crippen LogP contribution in [0.4, 0.5) is 0 Å². The van der Waals surface area contributed by atoms with Crippen molar-refractivity contribution in [2.45, 2.75) is 0 Å². The molecule has 1 radical (unpaired) electrons. The average Bonchev–Trinajstić information content (AvgIpc) is 1.61. The maximum atomic E-state index is 9.09. The van der Waals surface area contributed by atoms with Crippen LogP contribution in [0.2, 0.25) is 0 Å². The SMILES string of the molecule is O=C=NN=C=S.[Na]. The third kappa shape index (κ3) is 10.7. The minimum atomic E-state index is 0. The van der Waals surface area contributed by atoms with Gasteiger partial charge >= 0.3 is 0 Å². The second-order valence-electron chi connectivity index (χ2n) is 0.383. The van der Waals surface area contributed by atoms with E-state index in [9.17, 15) is 0 Å². The molecule has 0 aromatic rings. The second kappa shape index (κ2) is 9.49. The van der Waals surface area contributed by atoms with Crippen molar-refractivity contribution in [3.05, 3.63) is 0 Å². The van der Waals surface area contributed by atoms with Gasteiger partial charge in [-0.05, 0) is 12.2 Å². The standard InChI is InChI=1S/C2N2OS.Na/c5-1-3-4-2-6;. The summed E-state index contributed by atoms with van der Waals surface area (Å²) in [4.78, 5) is 9.09. The van der Waals surface area contributed by atoms with Crippen molar-refractivity contribution >= 4 is 53.0 Å². The van der Waals surface area contributed by atoms with E-state index < -0.39 is 0 Å². The summed E-state index contributed by atoms with van der Waals surface area (Å²) in [5.41, 5.74) is 0. The van der Waals surface area contributed by atoms with E-state index in [0.29, 0.717) is 0 Å². The van der Waals surface area contributed by atoms with Gasteiger partial charge in [0.1, 0.15) is 0 Å². The van der Waals surface area contributed by atoms with Crippen LogP contribution in [0.5, 0.6) is 0 Å². The maximum Gasteiger partial charge on any atom is 0.261 e. The molecule has 0 aromatic carbocycles. The van der Waals surface area contributed by atoms with E-state index in [2.05, 4.69) is 22.4 Å². The van der Waals surface area contributed by atoms with Gasteiger partial charge in [-0.2, -0.15) is 0 Å². The van der Waals surface area contributed by atoms with Crippen LogP contribution in [0.15, 0.2) is 10.2 Å². The second-order valence-corrected chi connectivity index (χ2v) is 0.565. The Morgan fingerprint density at radius 1 is 1.43 bits per heavy atom. The molecule has 0 spiro atoms. The minimum Gasteiger partial charge on any atom is -0.209 e. The Morgan fingerprint density at radius 3 is 2.14 bits per heavy atom. The number of hydrogen-bond acceptors (Lipinski definition) is 4. The summed E-state index contributed by atoms with van der Waals surface area (Å²) in [7, 11) is 0. The van der Waals surface area contributed by atoms with Crippen LogP contribution in [0.1, 0.15) is 0 Å². The average molecular weight is 123 g/mol. The Balaban J connectivity index is 0. The predicted molar refractivity (Wildman–Crippen MR) is 28.9 cm³/mol. The smallest absolute Gasteiger partial charge is 0.209 e. The molecule has 0 amide bonds. The molecule has 0 saturated carbocycles. The Bertz CT molecular complexity index is 108. The van der Waals surface area contributed by atoms with E-state index in [1.807, 2.05) is 5.16 Å². The van der Waals surface area contributed by atoms with Crippen molar-refractivity contribution in [2.24, 2.45) is 10.2 Å². The summed E-state index contributed by atoms with van der Waals surface area (Å²) in [6, 6.07) is 0. The third-order valence-corrected chi connectivity index (χ3v) is 0.213. The fraction of sp³-hybridized carbons (Fsp3) is 0. The van der Waals surface area contributed by atoms with Crippen molar-refractivity contribution in [3.63, 3.8) is 0 Å². The summed E-state index contributed by atoms with van der Waals surface area (Å²) in [5.74, 6) is 0. The van der Waals surface area contributed by atoms with Crippen molar-refractivity contribution in [1.82, 2.24) is 0 Å². The first kappa shape index (κ1) is 10.2. The van der Waals surface area contributed by atoms with Gasteiger partial charge in [-0.1, -0.05) is 10.2 Å². The third-order valence-electron chi connectivity index (χ3n) is 0.132. The van der Waals surface area contributed by atoms with Gasteiger partial charge in [-0.3, -0.25) is 0 Å². The molecule has 3 nitrogen and oxygen atoms in total. The number of nitrogens with zero attached hydrogens (tertiary/aromatic N) is 2. The van der Waals surface area contributed by atoms with Gasteiger partial charge in [0.05, 0.1) is 5.16 Å². The van der Waals surface area contributed by atoms with Gasteiger partial charge < -0.3 is 0 Å². The molecule has 0 rings (SSSR count). The molecular weight excluding hydrogens is 123 g/mol. The van der Waals surface area contributed by atoms with Crippen LogP contribution in [0.25, 0.3) is 0 Å². The molecule has 0 bridgehead atoms. The molecule has 7 heavy (non-hydrogen) atoms. The Morgan fingerprint density at radius 2 is 2.00 bits per heavy atom. The van der Waals surface area contributed by atoms with Gasteiger partial charge in [-0.25, -0.2) is 4.79 Å². The monoisotopic (exact) mass is 123 g/mol. The van der Waals surface area contributed by atoms with Gasteiger partial charge in [0.15, 0.2) is 0 Å². The van der Waals surface area contributed by atoms with Crippen LogP contribution < -0.4 is 0 Å². The predicted octanol–water partition coefficient (Wildman–Crippen LogP) is -0.0408. The van der Waals surface area contributed by atoms with Gasteiger partial charge in [0.25, 0.3) is 6.08 Å². The normalized spacial score (nSPS) is 4.00. The fourth-order valence-electron chi connectivity index (χ4n) is 0.0408. The van der Waals surface area contributed by atoms with E-state index in [1.165, 1.54) is 0 Å². The van der Waals surface area contributed by atoms with Crippen LogP contribution in [0, 0.1) is 0 Å². The van der Waals surface area contributed by atoms with E-state index in [0.717, 1.165) is 6.08 Å². The summed E-state index contributed by atoms with van der Waals surface area (Å²) >= 11 is 4.03. The number of rotatable bonds is 1. The Labute approximate surface area is 67.8 Å². The number of carbonyl (C=O) groups excluding carboxylic acids is 1. The number of thiocarbonyl (C=S) groups is 1. The summed E-state index contributed by atoms with van der Waals surface area (Å²) < 4.78 is 0. The van der Waals surface area contributed by atoms with E-state index in [1.54, 1.807) is 0 Å². The van der Waals surface area contributed by atoms with Gasteiger partial charge in [-0.15, -0.1) is 0 Å². The molecule has 0 aromatic heterocycles. The quantitative estimate of drug-likeness (QED) is 0.161. The van der Waals surface area contributed by atoms with E-state index >= 15 is 0 Å². The van der Waals surface area contributed by atoms with Gasteiger partial charge in [0, 0.05) is 29.6 Å². The van der Waals surface area contributed by atoms with E-state index in [4.69, 9.17) is 4.79 Å². The molecule has 0 atom stereocenters. The Hall–Kier alpha value is 0.180. The van der Waals surface area contributed by atoms with Crippen molar-refractivity contribution < 1.29 is 4.79 Å². The molecule has 0 fully saturated rings. The molecule has 31 valence electrons. The zero-order valence-corrected chi connectivity index (χ0v) is 6.53. The summed E-state index contributed by atoms with van der Waals surface area (Å²) in [6.45, 7) is 0. The van der Waals surface area contributed by atoms with Crippen LogP contribution in [0.3, 0.4) is 0 Å². The van der Waals surface area contributed by atoms with Crippen LogP contribution in [-0.2, 0) is 4.79 Å². The minimum absolute atomic E-state index is 0. The largest absolute Gasteiger partial charge is 0.261 e. The topological polar surface area (TPSA) is 41.8 Å². The number of isothiocyanates is 1. The summed E-state index contributed by atoms with van der Waals surface area (Å²) in [6.07, 6.45) is 1.15. The van der Waals surface area contributed by atoms with Crippen molar-refractivity contribution in [1.29, 1.82) is 0 Å². The first-order valence-electron chi connectivity index (χ1n) is 1.06. The molecular formula is C2N2NaOS. The fourth-order valence-corrected chi connectivity index (χ4v) is 0.0816. The maximum absolute atomic E-state index is 9.09. The zero-order chi connectivity index (χ0) is 4.83. The van der Waals surface area contributed by atoms with Gasteiger partial charge in [0.2, 0.25) is 0 Å². The summed E-state index contributed by atoms with van der Waals surface area (Å²) in [5, 5.41) is 7.40. The van der Waals surface area contributed by atoms with Crippen LogP contribution in [-0.4, -0.2) is 40.8 Å². The molecule has 0 N–H and O–H groups in total. The van der Waals surface area contributed by atoms with Crippen molar-refractivity contribution in [2.75, 3.05) is 0 Å².